The van der Waals surface area contributed by atoms with Crippen molar-refractivity contribution in [3.05, 3.63) is 42.5 Å². The van der Waals surface area contributed by atoms with E-state index in [4.69, 9.17) is 0 Å². The summed E-state index contributed by atoms with van der Waals surface area (Å²) in [5.74, 6) is 0.344. The van der Waals surface area contributed by atoms with E-state index in [2.05, 4.69) is 12.2 Å². The zero-order valence-electron chi connectivity index (χ0n) is 9.82. The van der Waals surface area contributed by atoms with Crippen LogP contribution in [0.25, 0.3) is 0 Å². The molecule has 0 N–H and O–H groups in total. The molecule has 1 saturated carbocycles. The van der Waals surface area contributed by atoms with Gasteiger partial charge in [-0.05, 0) is 30.4 Å². The minimum absolute atomic E-state index is 0. The van der Waals surface area contributed by atoms with Gasteiger partial charge < -0.3 is 0 Å². The summed E-state index contributed by atoms with van der Waals surface area (Å²) in [6.07, 6.45) is 5.21. The van der Waals surface area contributed by atoms with Crippen molar-refractivity contribution in [3.8, 4) is 0 Å². The van der Waals surface area contributed by atoms with Gasteiger partial charge in [-0.15, -0.1) is 0 Å². The number of fused-ring (bicyclic) bond motifs is 5. The van der Waals surface area contributed by atoms with Crippen LogP contribution in [0.2, 0.25) is 0 Å². The molecule has 0 unspecified atom stereocenters. The normalized spacial score (nSPS) is 34.6. The minimum atomic E-state index is -0.104. The van der Waals surface area contributed by atoms with E-state index in [0.29, 0.717) is 5.69 Å². The Kier molecular flexibility index (Phi) is 2.59. The molecule has 3 heteroatoms. The molecule has 2 aliphatic carbocycles. The summed E-state index contributed by atoms with van der Waals surface area (Å²) in [6, 6.07) is 9.26. The number of imide groups is 1. The molecule has 0 aromatic heterocycles. The standard InChI is InChI=1S/C15H13NO2.CH4/c17-14-12-9-6-7-10(8-9)13(12)15(18)16(14)11-4-2-1-3-5-11;/h1-7,9-10,12-13H,8H2;1H4/t9-,10+,12-,13+;. The van der Waals surface area contributed by atoms with E-state index in [0.717, 1.165) is 6.42 Å². The lowest BCUT2D eigenvalue weighted by atomic mass is 9.85. The van der Waals surface area contributed by atoms with Crippen LogP contribution in [0.15, 0.2) is 42.5 Å². The molecular weight excluding hydrogens is 238 g/mol. The number of hydrogen-bond donors (Lipinski definition) is 0. The number of carbonyl (C=O) groups excluding carboxylic acids is 2. The van der Waals surface area contributed by atoms with Gasteiger partial charge in [0.25, 0.3) is 0 Å². The van der Waals surface area contributed by atoms with Crippen LogP contribution in [0.1, 0.15) is 13.8 Å². The lowest BCUT2D eigenvalue weighted by molar-refractivity contribution is -0.123. The first-order valence-electron chi connectivity index (χ1n) is 6.38. The van der Waals surface area contributed by atoms with Crippen molar-refractivity contribution in [2.45, 2.75) is 13.8 Å². The second-order valence-electron chi connectivity index (χ2n) is 5.35. The maximum Gasteiger partial charge on any atom is 0.238 e. The zero-order valence-corrected chi connectivity index (χ0v) is 9.82. The fraction of sp³-hybridized carbons (Fsp3) is 0.375. The van der Waals surface area contributed by atoms with E-state index in [9.17, 15) is 9.59 Å². The van der Waals surface area contributed by atoms with Crippen molar-refractivity contribution in [2.24, 2.45) is 23.7 Å². The number of para-hydroxylation sites is 1. The molecule has 3 nitrogen and oxygen atoms in total. The Labute approximate surface area is 112 Å². The van der Waals surface area contributed by atoms with Gasteiger partial charge in [0.2, 0.25) is 11.8 Å². The number of benzene rings is 1. The molecule has 1 saturated heterocycles. The maximum absolute atomic E-state index is 12.5. The first-order chi connectivity index (χ1) is 8.77. The van der Waals surface area contributed by atoms with Gasteiger partial charge >= 0.3 is 0 Å². The molecule has 2 amide bonds. The topological polar surface area (TPSA) is 37.4 Å². The van der Waals surface area contributed by atoms with Gasteiger partial charge in [0.15, 0.2) is 0 Å². The van der Waals surface area contributed by atoms with E-state index in [1.54, 1.807) is 0 Å². The van der Waals surface area contributed by atoms with Crippen molar-refractivity contribution in [1.29, 1.82) is 0 Å². The second-order valence-corrected chi connectivity index (χ2v) is 5.35. The van der Waals surface area contributed by atoms with Gasteiger partial charge in [0.05, 0.1) is 17.5 Å². The lowest BCUT2D eigenvalue weighted by Gasteiger charge is -2.16. The predicted octanol–water partition coefficient (Wildman–Crippen LogP) is 2.63. The number of nitrogens with zero attached hydrogens (tertiary/aromatic N) is 1. The predicted molar refractivity (Wildman–Crippen MR) is 73.4 cm³/mol. The van der Waals surface area contributed by atoms with E-state index in [-0.39, 0.29) is 42.9 Å². The Morgan fingerprint density at radius 3 is 1.95 bits per heavy atom. The summed E-state index contributed by atoms with van der Waals surface area (Å²) in [5, 5.41) is 0. The summed E-state index contributed by atoms with van der Waals surface area (Å²) in [4.78, 5) is 26.3. The van der Waals surface area contributed by atoms with Gasteiger partial charge in [0.1, 0.15) is 0 Å². The molecule has 1 heterocycles. The van der Waals surface area contributed by atoms with E-state index < -0.39 is 0 Å². The zero-order chi connectivity index (χ0) is 12.3. The average molecular weight is 255 g/mol. The summed E-state index contributed by atoms with van der Waals surface area (Å²) < 4.78 is 0. The number of amides is 2. The van der Waals surface area contributed by atoms with Gasteiger partial charge in [-0.1, -0.05) is 37.8 Å². The van der Waals surface area contributed by atoms with Gasteiger partial charge in [-0.25, -0.2) is 0 Å². The number of carbonyl (C=O) groups is 2. The van der Waals surface area contributed by atoms with Crippen LogP contribution >= 0.6 is 0 Å². The van der Waals surface area contributed by atoms with Gasteiger partial charge in [-0.3, -0.25) is 14.5 Å². The van der Waals surface area contributed by atoms with Crippen LogP contribution < -0.4 is 4.90 Å². The third kappa shape index (κ3) is 1.44. The summed E-state index contributed by atoms with van der Waals surface area (Å²) in [5.41, 5.74) is 0.710. The Bertz CT molecular complexity index is 533. The van der Waals surface area contributed by atoms with Crippen molar-refractivity contribution in [3.63, 3.8) is 0 Å². The molecule has 19 heavy (non-hydrogen) atoms. The van der Waals surface area contributed by atoms with Crippen LogP contribution in [0, 0.1) is 23.7 Å². The molecular formula is C16H17NO2. The molecule has 0 radical (unpaired) electrons. The minimum Gasteiger partial charge on any atom is -0.274 e. The third-order valence-corrected chi connectivity index (χ3v) is 4.48. The molecule has 98 valence electrons. The number of allylic oxidation sites excluding steroid dienone is 2. The monoisotopic (exact) mass is 255 g/mol. The quantitative estimate of drug-likeness (QED) is 0.571. The van der Waals surface area contributed by atoms with Crippen molar-refractivity contribution in [1.82, 2.24) is 0 Å². The third-order valence-electron chi connectivity index (χ3n) is 4.48. The average Bonchev–Trinajstić information content (AvgIpc) is 3.05. The summed E-state index contributed by atoms with van der Waals surface area (Å²) >= 11 is 0. The van der Waals surface area contributed by atoms with Crippen molar-refractivity contribution < 1.29 is 9.59 Å². The smallest absolute Gasteiger partial charge is 0.238 e. The molecule has 2 fully saturated rings. The van der Waals surface area contributed by atoms with Crippen LogP contribution in [0.4, 0.5) is 5.69 Å². The fourth-order valence-corrected chi connectivity index (χ4v) is 3.73. The molecule has 1 aromatic rings. The fourth-order valence-electron chi connectivity index (χ4n) is 3.73. The van der Waals surface area contributed by atoms with Crippen molar-refractivity contribution in [2.75, 3.05) is 4.90 Å². The first kappa shape index (κ1) is 12.2. The number of hydrogen-bond acceptors (Lipinski definition) is 2. The Balaban J connectivity index is 0.00000110. The molecule has 4 rings (SSSR count). The highest BCUT2D eigenvalue weighted by molar-refractivity contribution is 6.22. The maximum atomic E-state index is 12.5. The summed E-state index contributed by atoms with van der Waals surface area (Å²) in [6.45, 7) is 0. The van der Waals surface area contributed by atoms with Crippen LogP contribution in [0.3, 0.4) is 0 Å². The Hall–Kier alpha value is -1.90. The molecule has 2 bridgehead atoms. The molecule has 1 aliphatic heterocycles. The van der Waals surface area contributed by atoms with Gasteiger partial charge in [-0.2, -0.15) is 0 Å². The van der Waals surface area contributed by atoms with E-state index >= 15 is 0 Å². The van der Waals surface area contributed by atoms with E-state index in [1.807, 2.05) is 30.3 Å². The Morgan fingerprint density at radius 1 is 0.895 bits per heavy atom. The highest BCUT2D eigenvalue weighted by Crippen LogP contribution is 2.53. The Morgan fingerprint density at radius 2 is 1.42 bits per heavy atom. The first-order valence-corrected chi connectivity index (χ1v) is 6.38. The van der Waals surface area contributed by atoms with Gasteiger partial charge in [0, 0.05) is 0 Å². The van der Waals surface area contributed by atoms with Crippen LogP contribution in [-0.2, 0) is 9.59 Å². The molecule has 0 spiro atoms. The van der Waals surface area contributed by atoms with Crippen LogP contribution in [0.5, 0.6) is 0 Å². The molecule has 1 aromatic carbocycles. The summed E-state index contributed by atoms with van der Waals surface area (Å²) in [7, 11) is 0. The van der Waals surface area contributed by atoms with Crippen molar-refractivity contribution >= 4 is 17.5 Å². The van der Waals surface area contributed by atoms with E-state index in [1.165, 1.54) is 4.90 Å². The molecule has 4 atom stereocenters. The highest BCUT2D eigenvalue weighted by Gasteiger charge is 2.59. The number of anilines is 1. The largest absolute Gasteiger partial charge is 0.274 e. The van der Waals surface area contributed by atoms with Crippen LogP contribution in [-0.4, -0.2) is 11.8 Å². The second kappa shape index (κ2) is 4.05. The SMILES string of the molecule is C.O=C1[C@@H]2[C@H](C(=O)N1c1ccccc1)[C@@H]1C=C[C@H]2C1. The number of rotatable bonds is 1. The lowest BCUT2D eigenvalue weighted by Crippen LogP contribution is -2.32. The highest BCUT2D eigenvalue weighted by atomic mass is 16.2. The molecule has 3 aliphatic rings.